The van der Waals surface area contributed by atoms with Gasteiger partial charge in [-0.2, -0.15) is 0 Å². The minimum Gasteiger partial charge on any atom is -0.464 e. The number of nitrogen functional groups attached to an aromatic ring is 1. The summed E-state index contributed by atoms with van der Waals surface area (Å²) >= 11 is 0. The van der Waals surface area contributed by atoms with E-state index in [1.165, 1.54) is 0 Å². The molecule has 0 saturated heterocycles. The van der Waals surface area contributed by atoms with Crippen LogP contribution >= 0.6 is 0 Å². The first-order valence-electron chi connectivity index (χ1n) is 7.49. The first-order valence-corrected chi connectivity index (χ1v) is 7.49. The maximum Gasteiger partial charge on any atom is 0.196 e. The van der Waals surface area contributed by atoms with E-state index < -0.39 is 0 Å². The summed E-state index contributed by atoms with van der Waals surface area (Å²) in [6.45, 7) is 0. The maximum absolute atomic E-state index is 6.14. The average molecular weight is 298 g/mol. The number of hydrogen-bond donors (Lipinski definition) is 2. The van der Waals surface area contributed by atoms with Crippen LogP contribution in [-0.2, 0) is 0 Å². The summed E-state index contributed by atoms with van der Waals surface area (Å²) in [5.74, 6) is 0.826. The lowest BCUT2D eigenvalue weighted by Crippen LogP contribution is -2.10. The highest BCUT2D eigenvalue weighted by Crippen LogP contribution is 2.45. The van der Waals surface area contributed by atoms with Crippen molar-refractivity contribution in [3.05, 3.63) is 72.3 Å². The quantitative estimate of drug-likeness (QED) is 0.564. The summed E-state index contributed by atoms with van der Waals surface area (Å²) in [6.07, 6.45) is -0.192. The minimum atomic E-state index is -0.192. The summed E-state index contributed by atoms with van der Waals surface area (Å²) in [5.41, 5.74) is 11.5. The molecule has 0 aromatic heterocycles. The van der Waals surface area contributed by atoms with E-state index in [-0.39, 0.29) is 6.23 Å². The third-order valence-electron chi connectivity index (χ3n) is 4.01. The van der Waals surface area contributed by atoms with Gasteiger partial charge in [-0.05, 0) is 12.1 Å². The van der Waals surface area contributed by atoms with Crippen molar-refractivity contribution in [2.45, 2.75) is 6.23 Å². The second kappa shape index (κ2) is 5.40. The molecule has 4 rings (SSSR count). The SMILES string of the molecule is [B]c1ccc(-c2cccc3c2NC(c2ccccc2)O3)c(N)c1. The zero-order valence-electron chi connectivity index (χ0n) is 12.5. The van der Waals surface area contributed by atoms with Crippen molar-refractivity contribution in [2.75, 3.05) is 11.1 Å². The van der Waals surface area contributed by atoms with Crippen LogP contribution in [0.2, 0.25) is 0 Å². The Morgan fingerprint density at radius 3 is 2.52 bits per heavy atom. The van der Waals surface area contributed by atoms with E-state index in [1.807, 2.05) is 60.7 Å². The average Bonchev–Trinajstić information content (AvgIpc) is 3.00. The van der Waals surface area contributed by atoms with Gasteiger partial charge in [0.1, 0.15) is 13.6 Å². The van der Waals surface area contributed by atoms with Crippen molar-refractivity contribution in [1.82, 2.24) is 0 Å². The smallest absolute Gasteiger partial charge is 0.196 e. The molecule has 1 heterocycles. The van der Waals surface area contributed by atoms with Crippen molar-refractivity contribution in [2.24, 2.45) is 0 Å². The molecule has 3 aromatic carbocycles. The normalized spacial score (nSPS) is 15.6. The van der Waals surface area contributed by atoms with Crippen LogP contribution in [0.15, 0.2) is 66.7 Å². The molecule has 4 heteroatoms. The summed E-state index contributed by atoms with van der Waals surface area (Å²) in [4.78, 5) is 0. The van der Waals surface area contributed by atoms with Crippen LogP contribution in [0.3, 0.4) is 0 Å². The molecule has 1 aliphatic rings. The lowest BCUT2D eigenvalue weighted by atomic mass is 9.92. The van der Waals surface area contributed by atoms with Gasteiger partial charge in [0.05, 0.1) is 5.69 Å². The maximum atomic E-state index is 6.14. The first kappa shape index (κ1) is 13.8. The van der Waals surface area contributed by atoms with Gasteiger partial charge < -0.3 is 15.8 Å². The predicted octanol–water partition coefficient (Wildman–Crippen LogP) is 3.23. The predicted molar refractivity (Wildman–Crippen MR) is 95.1 cm³/mol. The van der Waals surface area contributed by atoms with Gasteiger partial charge in [-0.15, -0.1) is 0 Å². The molecule has 1 unspecified atom stereocenters. The fraction of sp³-hybridized carbons (Fsp3) is 0.0526. The van der Waals surface area contributed by atoms with Crippen molar-refractivity contribution >= 4 is 24.7 Å². The molecule has 0 saturated carbocycles. The molecule has 23 heavy (non-hydrogen) atoms. The molecule has 2 radical (unpaired) electrons. The number of benzene rings is 3. The number of nitrogens with one attached hydrogen (secondary N) is 1. The van der Waals surface area contributed by atoms with Gasteiger partial charge in [0.2, 0.25) is 0 Å². The number of fused-ring (bicyclic) bond motifs is 1. The number of ether oxygens (including phenoxy) is 1. The molecule has 0 bridgehead atoms. The Morgan fingerprint density at radius 2 is 1.74 bits per heavy atom. The van der Waals surface area contributed by atoms with E-state index in [2.05, 4.69) is 5.32 Å². The molecule has 3 nitrogen and oxygen atoms in total. The van der Waals surface area contributed by atoms with Gasteiger partial charge in [0.25, 0.3) is 0 Å². The van der Waals surface area contributed by atoms with Crippen LogP contribution in [0.4, 0.5) is 11.4 Å². The highest BCUT2D eigenvalue weighted by molar-refractivity contribution is 6.32. The van der Waals surface area contributed by atoms with Crippen LogP contribution < -0.4 is 21.3 Å². The Balaban J connectivity index is 1.76. The zero-order valence-corrected chi connectivity index (χ0v) is 12.5. The Hall–Kier alpha value is -2.88. The number of anilines is 2. The van der Waals surface area contributed by atoms with Crippen molar-refractivity contribution in [3.63, 3.8) is 0 Å². The van der Waals surface area contributed by atoms with Crippen LogP contribution in [0.1, 0.15) is 11.8 Å². The zero-order chi connectivity index (χ0) is 15.8. The number of para-hydroxylation sites is 1. The van der Waals surface area contributed by atoms with Gasteiger partial charge in [-0.25, -0.2) is 0 Å². The van der Waals surface area contributed by atoms with Crippen molar-refractivity contribution < 1.29 is 4.74 Å². The lowest BCUT2D eigenvalue weighted by Gasteiger charge is -2.12. The second-order valence-corrected chi connectivity index (χ2v) is 5.58. The molecule has 0 spiro atoms. The highest BCUT2D eigenvalue weighted by Gasteiger charge is 2.26. The summed E-state index contributed by atoms with van der Waals surface area (Å²) in [5, 5.41) is 3.45. The molecule has 3 aromatic rings. The number of hydrogen-bond acceptors (Lipinski definition) is 3. The van der Waals surface area contributed by atoms with Crippen LogP contribution in [0.5, 0.6) is 5.75 Å². The molecule has 0 amide bonds. The third-order valence-corrected chi connectivity index (χ3v) is 4.01. The Morgan fingerprint density at radius 1 is 0.913 bits per heavy atom. The fourth-order valence-electron chi connectivity index (χ4n) is 2.90. The van der Waals surface area contributed by atoms with Gasteiger partial charge in [-0.3, -0.25) is 0 Å². The standard InChI is InChI=1S/C19H15BN2O/c20-13-9-10-14(16(21)11-13)15-7-4-8-17-18(15)22-19(23-17)12-5-2-1-3-6-12/h1-11,19,22H,21H2. The summed E-state index contributed by atoms with van der Waals surface area (Å²) in [6, 6.07) is 21.6. The van der Waals surface area contributed by atoms with Gasteiger partial charge in [-0.1, -0.05) is 60.1 Å². The molecule has 3 N–H and O–H groups in total. The topological polar surface area (TPSA) is 47.3 Å². The van der Waals surface area contributed by atoms with Gasteiger partial charge in [0.15, 0.2) is 6.23 Å². The molecule has 110 valence electrons. The van der Waals surface area contributed by atoms with E-state index in [4.69, 9.17) is 18.3 Å². The Kier molecular flexibility index (Phi) is 3.23. The molecule has 1 aliphatic heterocycles. The van der Waals surface area contributed by atoms with Crippen LogP contribution in [-0.4, -0.2) is 7.85 Å². The summed E-state index contributed by atoms with van der Waals surface area (Å²) in [7, 11) is 5.80. The molecular formula is C19H15BN2O. The monoisotopic (exact) mass is 298 g/mol. The van der Waals surface area contributed by atoms with Crippen molar-refractivity contribution in [1.29, 1.82) is 0 Å². The van der Waals surface area contributed by atoms with E-state index in [9.17, 15) is 0 Å². The second-order valence-electron chi connectivity index (χ2n) is 5.58. The largest absolute Gasteiger partial charge is 0.464 e. The molecule has 1 atom stereocenters. The van der Waals surface area contributed by atoms with E-state index in [0.29, 0.717) is 11.2 Å². The van der Waals surface area contributed by atoms with E-state index >= 15 is 0 Å². The molecular weight excluding hydrogens is 283 g/mol. The third kappa shape index (κ3) is 2.42. The van der Waals surface area contributed by atoms with Gasteiger partial charge in [0, 0.05) is 22.4 Å². The lowest BCUT2D eigenvalue weighted by molar-refractivity contribution is 0.260. The Bertz CT molecular complexity index is 864. The van der Waals surface area contributed by atoms with E-state index in [0.717, 1.165) is 28.1 Å². The molecule has 0 aliphatic carbocycles. The minimum absolute atomic E-state index is 0.192. The highest BCUT2D eigenvalue weighted by atomic mass is 16.5. The first-order chi connectivity index (χ1) is 11.2. The molecule has 0 fully saturated rings. The van der Waals surface area contributed by atoms with Crippen molar-refractivity contribution in [3.8, 4) is 16.9 Å². The number of rotatable bonds is 2. The summed E-state index contributed by atoms with van der Waals surface area (Å²) < 4.78 is 6.04. The fourth-order valence-corrected chi connectivity index (χ4v) is 2.90. The number of nitrogens with two attached hydrogens (primary N) is 1. The van der Waals surface area contributed by atoms with Crippen LogP contribution in [0, 0.1) is 0 Å². The van der Waals surface area contributed by atoms with Crippen LogP contribution in [0.25, 0.3) is 11.1 Å². The van der Waals surface area contributed by atoms with E-state index in [1.54, 1.807) is 6.07 Å². The Labute approximate surface area is 136 Å². The van der Waals surface area contributed by atoms with Gasteiger partial charge >= 0.3 is 0 Å².